The molecule has 2 rings (SSSR count). The summed E-state index contributed by atoms with van der Waals surface area (Å²) >= 11 is 5.67. The van der Waals surface area contributed by atoms with Gasteiger partial charge in [-0.15, -0.1) is 0 Å². The highest BCUT2D eigenvalue weighted by atomic mass is 35.5. The van der Waals surface area contributed by atoms with Crippen molar-refractivity contribution in [2.75, 3.05) is 14.2 Å². The molecule has 0 aliphatic rings. The Hall–Kier alpha value is -2.07. The van der Waals surface area contributed by atoms with Crippen LogP contribution in [0.4, 0.5) is 4.39 Å². The molecule has 3 nitrogen and oxygen atoms in total. The van der Waals surface area contributed by atoms with E-state index < -0.39 is 5.83 Å². The molecule has 0 aliphatic carbocycles. The van der Waals surface area contributed by atoms with Gasteiger partial charge in [0.15, 0.2) is 0 Å². The van der Waals surface area contributed by atoms with Crippen molar-refractivity contribution in [2.45, 2.75) is 0 Å². The van der Waals surface area contributed by atoms with Gasteiger partial charge in [0.05, 0.1) is 14.2 Å². The zero-order valence-corrected chi connectivity index (χ0v) is 11.8. The normalized spacial score (nSPS) is 11.3. The highest BCUT2D eigenvalue weighted by Gasteiger charge is 2.04. The molecule has 0 fully saturated rings. The molecule has 0 N–H and O–H groups in total. The van der Waals surface area contributed by atoms with Crippen LogP contribution in [0.15, 0.2) is 36.5 Å². The number of halogens is 2. The van der Waals surface area contributed by atoms with Crippen LogP contribution in [0.3, 0.4) is 0 Å². The lowest BCUT2D eigenvalue weighted by Crippen LogP contribution is -1.88. The number of hydrogen-bond donors (Lipinski definition) is 0. The summed E-state index contributed by atoms with van der Waals surface area (Å²) in [5.41, 5.74) is 0.991. The monoisotopic (exact) mass is 293 g/mol. The first-order chi connectivity index (χ1) is 9.62. The van der Waals surface area contributed by atoms with E-state index in [1.54, 1.807) is 38.5 Å². The third kappa shape index (κ3) is 3.48. The molecule has 5 heteroatoms. The average molecular weight is 294 g/mol. The van der Waals surface area contributed by atoms with Gasteiger partial charge < -0.3 is 9.47 Å². The zero-order valence-electron chi connectivity index (χ0n) is 11.1. The second-order valence-electron chi connectivity index (χ2n) is 4.01. The van der Waals surface area contributed by atoms with Crippen molar-refractivity contribution in [3.63, 3.8) is 0 Å². The average Bonchev–Trinajstić information content (AvgIpc) is 2.47. The van der Waals surface area contributed by atoms with E-state index in [1.165, 1.54) is 18.3 Å². The molecule has 2 aromatic rings. The molecule has 0 atom stereocenters. The van der Waals surface area contributed by atoms with Crippen molar-refractivity contribution in [2.24, 2.45) is 0 Å². The topological polar surface area (TPSA) is 31.4 Å². The minimum absolute atomic E-state index is 0.324. The number of rotatable bonds is 4. The van der Waals surface area contributed by atoms with Crippen LogP contribution in [0.25, 0.3) is 11.9 Å². The van der Waals surface area contributed by atoms with Crippen LogP contribution < -0.4 is 9.47 Å². The van der Waals surface area contributed by atoms with Crippen LogP contribution in [0, 0.1) is 0 Å². The lowest BCUT2D eigenvalue weighted by atomic mass is 10.1. The summed E-state index contributed by atoms with van der Waals surface area (Å²) in [5, 5.41) is 0.324. The first-order valence-electron chi connectivity index (χ1n) is 5.84. The zero-order chi connectivity index (χ0) is 14.5. The first-order valence-corrected chi connectivity index (χ1v) is 6.22. The molecule has 104 valence electrons. The van der Waals surface area contributed by atoms with E-state index in [-0.39, 0.29) is 0 Å². The summed E-state index contributed by atoms with van der Waals surface area (Å²) in [4.78, 5) is 3.84. The van der Waals surface area contributed by atoms with E-state index in [2.05, 4.69) is 4.98 Å². The molecule has 0 saturated carbocycles. The number of methoxy groups -OCH3 is 2. The van der Waals surface area contributed by atoms with Gasteiger partial charge in [-0.05, 0) is 35.9 Å². The van der Waals surface area contributed by atoms with Crippen LogP contribution in [-0.4, -0.2) is 19.2 Å². The summed E-state index contributed by atoms with van der Waals surface area (Å²) in [6.45, 7) is 0. The van der Waals surface area contributed by atoms with Gasteiger partial charge in [-0.1, -0.05) is 11.6 Å². The van der Waals surface area contributed by atoms with Crippen LogP contribution in [-0.2, 0) is 0 Å². The van der Waals surface area contributed by atoms with E-state index in [0.29, 0.717) is 27.8 Å². The molecule has 0 unspecified atom stereocenters. The molecule has 0 saturated heterocycles. The molecule has 0 bridgehead atoms. The van der Waals surface area contributed by atoms with Gasteiger partial charge in [0.2, 0.25) is 0 Å². The largest absolute Gasteiger partial charge is 0.497 e. The van der Waals surface area contributed by atoms with Crippen LogP contribution in [0.1, 0.15) is 11.1 Å². The van der Waals surface area contributed by atoms with Crippen molar-refractivity contribution < 1.29 is 13.9 Å². The maximum Gasteiger partial charge on any atom is 0.132 e. The maximum atomic E-state index is 14.1. The van der Waals surface area contributed by atoms with E-state index >= 15 is 0 Å². The molecule has 0 amide bonds. The minimum atomic E-state index is -0.413. The van der Waals surface area contributed by atoms with E-state index in [9.17, 15) is 4.39 Å². The molecule has 0 radical (unpaired) electrons. The van der Waals surface area contributed by atoms with Crippen LogP contribution >= 0.6 is 11.6 Å². The highest BCUT2D eigenvalue weighted by molar-refractivity contribution is 6.29. The van der Waals surface area contributed by atoms with Crippen molar-refractivity contribution in [3.8, 4) is 11.5 Å². The highest BCUT2D eigenvalue weighted by Crippen LogP contribution is 2.26. The fraction of sp³-hybridized carbons (Fsp3) is 0.133. The SMILES string of the molecule is COc1cc(/C=C(\F)c2ccc(Cl)nc2)cc(OC)c1. The molecule has 1 heterocycles. The van der Waals surface area contributed by atoms with Crippen molar-refractivity contribution in [3.05, 3.63) is 52.8 Å². The van der Waals surface area contributed by atoms with Crippen molar-refractivity contribution in [1.82, 2.24) is 4.98 Å². The molecule has 0 spiro atoms. The van der Waals surface area contributed by atoms with Gasteiger partial charge in [-0.3, -0.25) is 0 Å². The number of benzene rings is 1. The van der Waals surface area contributed by atoms with Gasteiger partial charge in [-0.25, -0.2) is 9.37 Å². The Morgan fingerprint density at radius 3 is 2.30 bits per heavy atom. The summed E-state index contributed by atoms with van der Waals surface area (Å²) in [6, 6.07) is 8.25. The molecular weight excluding hydrogens is 281 g/mol. The summed E-state index contributed by atoms with van der Waals surface area (Å²) in [7, 11) is 3.09. The third-order valence-corrected chi connectivity index (χ3v) is 2.89. The van der Waals surface area contributed by atoms with E-state index in [1.807, 2.05) is 0 Å². The predicted molar refractivity (Wildman–Crippen MR) is 77.8 cm³/mol. The van der Waals surface area contributed by atoms with Gasteiger partial charge in [0.25, 0.3) is 0 Å². The first kappa shape index (κ1) is 14.3. The Morgan fingerprint density at radius 1 is 1.15 bits per heavy atom. The van der Waals surface area contributed by atoms with Gasteiger partial charge in [0, 0.05) is 17.8 Å². The Balaban J connectivity index is 2.35. The second kappa shape index (κ2) is 6.39. The molecule has 1 aromatic carbocycles. The molecular formula is C15H13ClFNO2. The minimum Gasteiger partial charge on any atom is -0.497 e. The lowest BCUT2D eigenvalue weighted by molar-refractivity contribution is 0.394. The quantitative estimate of drug-likeness (QED) is 0.791. The second-order valence-corrected chi connectivity index (χ2v) is 4.40. The Morgan fingerprint density at radius 2 is 1.80 bits per heavy atom. The van der Waals surface area contributed by atoms with Gasteiger partial charge in [0.1, 0.15) is 22.5 Å². The Labute approximate surface area is 121 Å². The number of pyridine rings is 1. The van der Waals surface area contributed by atoms with Crippen molar-refractivity contribution in [1.29, 1.82) is 0 Å². The fourth-order valence-corrected chi connectivity index (χ4v) is 1.77. The Kier molecular flexibility index (Phi) is 4.58. The number of aromatic nitrogens is 1. The molecule has 0 aliphatic heterocycles. The number of ether oxygens (including phenoxy) is 2. The Bertz CT molecular complexity index is 604. The molecule has 1 aromatic heterocycles. The number of hydrogen-bond acceptors (Lipinski definition) is 3. The van der Waals surface area contributed by atoms with E-state index in [0.717, 1.165) is 0 Å². The van der Waals surface area contributed by atoms with Crippen LogP contribution in [0.2, 0.25) is 5.15 Å². The summed E-state index contributed by atoms with van der Waals surface area (Å²) in [5.74, 6) is 0.778. The summed E-state index contributed by atoms with van der Waals surface area (Å²) < 4.78 is 24.4. The standard InChI is InChI=1S/C15H13ClFNO2/c1-19-12-5-10(6-13(8-12)20-2)7-14(17)11-3-4-15(16)18-9-11/h3-9H,1-2H3/b14-7-. The van der Waals surface area contributed by atoms with Gasteiger partial charge in [-0.2, -0.15) is 0 Å². The predicted octanol–water partition coefficient (Wildman–Crippen LogP) is 4.22. The van der Waals surface area contributed by atoms with Crippen LogP contribution in [0.5, 0.6) is 11.5 Å². The number of nitrogens with zero attached hydrogens (tertiary/aromatic N) is 1. The smallest absolute Gasteiger partial charge is 0.132 e. The van der Waals surface area contributed by atoms with E-state index in [4.69, 9.17) is 21.1 Å². The summed E-state index contributed by atoms with van der Waals surface area (Å²) in [6.07, 6.45) is 2.77. The molecule has 20 heavy (non-hydrogen) atoms. The third-order valence-electron chi connectivity index (χ3n) is 2.67. The maximum absolute atomic E-state index is 14.1. The van der Waals surface area contributed by atoms with Gasteiger partial charge >= 0.3 is 0 Å². The van der Waals surface area contributed by atoms with Crippen molar-refractivity contribution >= 4 is 23.5 Å². The lowest BCUT2D eigenvalue weighted by Gasteiger charge is -2.06. The fourth-order valence-electron chi connectivity index (χ4n) is 1.66.